The fraction of sp³-hybridized carbons (Fsp3) is 0.200. The predicted octanol–water partition coefficient (Wildman–Crippen LogP) is 2.53. The van der Waals surface area contributed by atoms with Gasteiger partial charge in [0.1, 0.15) is 5.75 Å². The van der Waals surface area contributed by atoms with Crippen molar-refractivity contribution in [3.05, 3.63) is 69.1 Å². The minimum Gasteiger partial charge on any atom is -0.484 e. The Morgan fingerprint density at radius 1 is 1.16 bits per heavy atom. The second kappa shape index (κ2) is 10.4. The molecule has 0 spiro atoms. The predicted molar refractivity (Wildman–Crippen MR) is 113 cm³/mol. The molecule has 1 aromatic heterocycles. The van der Waals surface area contributed by atoms with Crippen LogP contribution in [0, 0.1) is 17.0 Å². The summed E-state index contributed by atoms with van der Waals surface area (Å²) in [6, 6.07) is 10.6. The molecule has 2 aromatic carbocycles. The van der Waals surface area contributed by atoms with Gasteiger partial charge >= 0.3 is 11.8 Å². The second-order valence-corrected chi connectivity index (χ2v) is 6.94. The van der Waals surface area contributed by atoms with E-state index in [2.05, 4.69) is 20.8 Å². The summed E-state index contributed by atoms with van der Waals surface area (Å²) in [5.41, 5.74) is 1.22. The number of benzene rings is 2. The maximum Gasteiger partial charge on any atom is 0.316 e. The lowest BCUT2D eigenvalue weighted by atomic mass is 10.2. The lowest BCUT2D eigenvalue weighted by Gasteiger charge is -2.08. The smallest absolute Gasteiger partial charge is 0.316 e. The zero-order valence-corrected chi connectivity index (χ0v) is 17.6. The van der Waals surface area contributed by atoms with Crippen LogP contribution < -0.4 is 15.4 Å². The molecule has 0 radical (unpaired) electrons. The van der Waals surface area contributed by atoms with E-state index in [1.165, 1.54) is 24.3 Å². The highest BCUT2D eigenvalue weighted by Gasteiger charge is 2.16. The average molecular weight is 460 g/mol. The minimum atomic E-state index is -0.618. The highest BCUT2D eigenvalue weighted by molar-refractivity contribution is 6.31. The Bertz CT molecular complexity index is 1130. The number of aryl methyl sites for hydroxylation is 1. The Balaban J connectivity index is 1.40. The number of aromatic nitrogens is 2. The molecule has 32 heavy (non-hydrogen) atoms. The fourth-order valence-corrected chi connectivity index (χ4v) is 2.64. The van der Waals surface area contributed by atoms with Crippen LogP contribution >= 0.6 is 11.6 Å². The highest BCUT2D eigenvalue weighted by atomic mass is 35.5. The maximum absolute atomic E-state index is 12.1. The van der Waals surface area contributed by atoms with Gasteiger partial charge in [-0.3, -0.25) is 19.7 Å². The average Bonchev–Trinajstić information content (AvgIpc) is 3.28. The van der Waals surface area contributed by atoms with Crippen molar-refractivity contribution in [2.75, 3.05) is 19.7 Å². The Kier molecular flexibility index (Phi) is 7.34. The zero-order valence-electron chi connectivity index (χ0n) is 16.8. The molecule has 2 N–H and O–H groups in total. The molecule has 0 aliphatic heterocycles. The summed E-state index contributed by atoms with van der Waals surface area (Å²) in [6.07, 6.45) is 0. The van der Waals surface area contributed by atoms with E-state index in [1.54, 1.807) is 18.2 Å². The van der Waals surface area contributed by atoms with Crippen LogP contribution in [0.5, 0.6) is 5.75 Å². The van der Waals surface area contributed by atoms with Gasteiger partial charge in [-0.05, 0) is 42.8 Å². The van der Waals surface area contributed by atoms with Gasteiger partial charge in [0.15, 0.2) is 6.61 Å². The van der Waals surface area contributed by atoms with E-state index in [9.17, 15) is 19.7 Å². The topological polar surface area (TPSA) is 149 Å². The van der Waals surface area contributed by atoms with Crippen LogP contribution in [0.3, 0.4) is 0 Å². The molecule has 0 saturated heterocycles. The van der Waals surface area contributed by atoms with Gasteiger partial charge < -0.3 is 19.9 Å². The molecule has 11 nitrogen and oxygen atoms in total. The van der Waals surface area contributed by atoms with Crippen molar-refractivity contribution in [2.45, 2.75) is 6.92 Å². The number of halogens is 1. The van der Waals surface area contributed by atoms with Gasteiger partial charge in [0.2, 0.25) is 5.82 Å². The van der Waals surface area contributed by atoms with Crippen LogP contribution in [0.1, 0.15) is 16.2 Å². The van der Waals surface area contributed by atoms with E-state index >= 15 is 0 Å². The van der Waals surface area contributed by atoms with Crippen LogP contribution in [0.15, 0.2) is 47.0 Å². The molecule has 0 aliphatic rings. The van der Waals surface area contributed by atoms with Gasteiger partial charge in [0.05, 0.1) is 4.92 Å². The quantitative estimate of drug-likeness (QED) is 0.281. The van der Waals surface area contributed by atoms with E-state index in [-0.39, 0.29) is 43.0 Å². The number of amides is 2. The first kappa shape index (κ1) is 22.7. The molecular weight excluding hydrogens is 442 g/mol. The molecule has 1 heterocycles. The summed E-state index contributed by atoms with van der Waals surface area (Å²) in [4.78, 5) is 38.1. The first-order chi connectivity index (χ1) is 15.3. The summed E-state index contributed by atoms with van der Waals surface area (Å²) in [5.74, 6) is -0.604. The number of hydrogen-bond acceptors (Lipinski definition) is 8. The van der Waals surface area contributed by atoms with E-state index in [4.69, 9.17) is 20.9 Å². The molecule has 12 heteroatoms. The Hall–Kier alpha value is -3.99. The molecule has 0 aliphatic carbocycles. The van der Waals surface area contributed by atoms with Gasteiger partial charge in [-0.1, -0.05) is 16.8 Å². The number of rotatable bonds is 9. The van der Waals surface area contributed by atoms with Crippen molar-refractivity contribution in [3.8, 4) is 17.1 Å². The molecule has 0 bridgehead atoms. The van der Waals surface area contributed by atoms with Gasteiger partial charge in [0, 0.05) is 35.8 Å². The monoisotopic (exact) mass is 459 g/mol. The van der Waals surface area contributed by atoms with E-state index in [0.29, 0.717) is 16.3 Å². The third-order valence-corrected chi connectivity index (χ3v) is 4.61. The zero-order chi connectivity index (χ0) is 23.1. The van der Waals surface area contributed by atoms with Crippen molar-refractivity contribution in [1.82, 2.24) is 20.8 Å². The Labute approximate surface area is 186 Å². The Morgan fingerprint density at radius 3 is 2.56 bits per heavy atom. The molecule has 0 saturated carbocycles. The van der Waals surface area contributed by atoms with Crippen molar-refractivity contribution in [3.63, 3.8) is 0 Å². The van der Waals surface area contributed by atoms with E-state index in [1.807, 2.05) is 6.92 Å². The summed E-state index contributed by atoms with van der Waals surface area (Å²) in [7, 11) is 0. The van der Waals surface area contributed by atoms with E-state index in [0.717, 1.165) is 5.56 Å². The molecule has 0 atom stereocenters. The number of nitro benzene ring substituents is 1. The SMILES string of the molecule is Cc1cc(OCC(=O)NCCNC(=O)c2nc(-c3ccc([N+](=O)[O-])cc3)no2)ccc1Cl. The van der Waals surface area contributed by atoms with Crippen LogP contribution in [0.4, 0.5) is 5.69 Å². The van der Waals surface area contributed by atoms with Crippen molar-refractivity contribution in [2.24, 2.45) is 0 Å². The number of nitrogens with zero attached hydrogens (tertiary/aromatic N) is 3. The maximum atomic E-state index is 12.1. The van der Waals surface area contributed by atoms with Gasteiger partial charge in [-0.2, -0.15) is 4.98 Å². The Morgan fingerprint density at radius 2 is 1.88 bits per heavy atom. The summed E-state index contributed by atoms with van der Waals surface area (Å²) >= 11 is 5.94. The number of nitro groups is 1. The number of non-ortho nitro benzene ring substituents is 1. The summed E-state index contributed by atoms with van der Waals surface area (Å²) in [5, 5.41) is 20.1. The number of hydrogen-bond donors (Lipinski definition) is 2. The van der Waals surface area contributed by atoms with Crippen LogP contribution in [-0.4, -0.2) is 46.6 Å². The van der Waals surface area contributed by atoms with Crippen molar-refractivity contribution in [1.29, 1.82) is 0 Å². The molecule has 3 rings (SSSR count). The third-order valence-electron chi connectivity index (χ3n) is 4.19. The minimum absolute atomic E-state index is 0.0778. The first-order valence-corrected chi connectivity index (χ1v) is 9.73. The van der Waals surface area contributed by atoms with Gasteiger partial charge in [-0.25, -0.2) is 0 Å². The molecular formula is C20H18ClN5O6. The summed E-state index contributed by atoms with van der Waals surface area (Å²) in [6.45, 7) is 1.93. The number of ether oxygens (including phenoxy) is 1. The molecule has 0 unspecified atom stereocenters. The van der Waals surface area contributed by atoms with E-state index < -0.39 is 10.8 Å². The normalized spacial score (nSPS) is 10.4. The summed E-state index contributed by atoms with van der Waals surface area (Å²) < 4.78 is 10.3. The van der Waals surface area contributed by atoms with Crippen molar-refractivity contribution >= 4 is 29.1 Å². The fourth-order valence-electron chi connectivity index (χ4n) is 2.53. The van der Waals surface area contributed by atoms with Gasteiger partial charge in [-0.15, -0.1) is 0 Å². The standard InChI is InChI=1S/C20H18ClN5O6/c1-12-10-15(6-7-16(12)21)31-11-17(27)22-8-9-23-19(28)20-24-18(25-32-20)13-2-4-14(5-3-13)26(29)30/h2-7,10H,8-9,11H2,1H3,(H,22,27)(H,23,28). The van der Waals surface area contributed by atoms with Crippen LogP contribution in [0.2, 0.25) is 5.02 Å². The first-order valence-electron chi connectivity index (χ1n) is 9.36. The van der Waals surface area contributed by atoms with Crippen molar-refractivity contribution < 1.29 is 23.8 Å². The number of carbonyl (C=O) groups is 2. The number of carbonyl (C=O) groups excluding carboxylic acids is 2. The van der Waals surface area contributed by atoms with Crippen LogP contribution in [0.25, 0.3) is 11.4 Å². The highest BCUT2D eigenvalue weighted by Crippen LogP contribution is 2.21. The second-order valence-electron chi connectivity index (χ2n) is 6.53. The van der Waals surface area contributed by atoms with Gasteiger partial charge in [0.25, 0.3) is 11.6 Å². The number of nitrogens with one attached hydrogen (secondary N) is 2. The molecule has 166 valence electrons. The third kappa shape index (κ3) is 6.01. The lowest BCUT2D eigenvalue weighted by Crippen LogP contribution is -2.36. The van der Waals surface area contributed by atoms with Crippen LogP contribution in [-0.2, 0) is 4.79 Å². The lowest BCUT2D eigenvalue weighted by molar-refractivity contribution is -0.384. The molecule has 0 fully saturated rings. The molecule has 2 amide bonds. The molecule has 3 aromatic rings. The largest absolute Gasteiger partial charge is 0.484 e.